The molecule has 2 aromatic rings. The lowest BCUT2D eigenvalue weighted by atomic mass is 10.2. The van der Waals surface area contributed by atoms with E-state index in [1.54, 1.807) is 6.20 Å². The molecule has 16 heavy (non-hydrogen) atoms. The molecular weight excluding hydrogens is 244 g/mol. The number of nitrogens with two attached hydrogens (primary N) is 1. The first-order chi connectivity index (χ1) is 7.16. The molecule has 0 saturated heterocycles. The van der Waals surface area contributed by atoms with Crippen LogP contribution in [0, 0.1) is 6.92 Å². The molecule has 0 saturated carbocycles. The van der Waals surface area contributed by atoms with Crippen molar-refractivity contribution in [3.8, 4) is 11.4 Å². The molecule has 2 aromatic heterocycles. The summed E-state index contributed by atoms with van der Waals surface area (Å²) in [5.74, 6) is 0.734. The third-order valence-electron chi connectivity index (χ3n) is 1.99. The van der Waals surface area contributed by atoms with Gasteiger partial charge in [-0.05, 0) is 37.5 Å². The zero-order chi connectivity index (χ0) is 10.8. The maximum absolute atomic E-state index is 5.73. The van der Waals surface area contributed by atoms with Gasteiger partial charge in [-0.25, -0.2) is 4.98 Å². The molecule has 0 bridgehead atoms. The molecule has 2 N–H and O–H groups in total. The molecule has 6 heteroatoms. The van der Waals surface area contributed by atoms with Crippen molar-refractivity contribution in [2.45, 2.75) is 19.9 Å². The van der Waals surface area contributed by atoms with Gasteiger partial charge in [0, 0.05) is 17.5 Å². The lowest BCUT2D eigenvalue weighted by Gasteiger charge is -1.97. The zero-order valence-electron chi connectivity index (χ0n) is 9.04. The minimum absolute atomic E-state index is 0. The monoisotopic (exact) mass is 256 g/mol. The summed E-state index contributed by atoms with van der Waals surface area (Å²) in [6.07, 6.45) is 1.76. The van der Waals surface area contributed by atoms with Crippen LogP contribution >= 0.6 is 23.9 Å². The van der Waals surface area contributed by atoms with Gasteiger partial charge < -0.3 is 5.73 Å². The van der Waals surface area contributed by atoms with Gasteiger partial charge in [0.1, 0.15) is 5.01 Å². The van der Waals surface area contributed by atoms with E-state index in [2.05, 4.69) is 14.3 Å². The van der Waals surface area contributed by atoms with Crippen molar-refractivity contribution in [2.24, 2.45) is 5.73 Å². The number of hydrogen-bond donors (Lipinski definition) is 1. The molecule has 0 aliphatic rings. The van der Waals surface area contributed by atoms with Gasteiger partial charge >= 0.3 is 0 Å². The Morgan fingerprint density at radius 3 is 2.75 bits per heavy atom. The summed E-state index contributed by atoms with van der Waals surface area (Å²) < 4.78 is 4.27. The van der Waals surface area contributed by atoms with Crippen molar-refractivity contribution in [1.82, 2.24) is 14.3 Å². The average molecular weight is 257 g/mol. The Bertz CT molecular complexity index is 469. The summed E-state index contributed by atoms with van der Waals surface area (Å²) in [4.78, 5) is 8.51. The van der Waals surface area contributed by atoms with Gasteiger partial charge in [-0.1, -0.05) is 0 Å². The van der Waals surface area contributed by atoms with Crippen LogP contribution in [0.1, 0.15) is 23.7 Å². The number of pyridine rings is 1. The molecule has 2 heterocycles. The molecule has 0 aromatic carbocycles. The minimum Gasteiger partial charge on any atom is -0.322 e. The fourth-order valence-corrected chi connectivity index (χ4v) is 1.84. The molecule has 0 aliphatic carbocycles. The van der Waals surface area contributed by atoms with Crippen molar-refractivity contribution < 1.29 is 0 Å². The van der Waals surface area contributed by atoms with Crippen molar-refractivity contribution >= 4 is 23.9 Å². The van der Waals surface area contributed by atoms with E-state index in [-0.39, 0.29) is 18.4 Å². The van der Waals surface area contributed by atoms with Gasteiger partial charge in [-0.3, -0.25) is 4.98 Å². The lowest BCUT2D eigenvalue weighted by Crippen LogP contribution is -2.03. The maximum atomic E-state index is 5.73. The molecule has 2 rings (SSSR count). The summed E-state index contributed by atoms with van der Waals surface area (Å²) >= 11 is 1.35. The Hall–Kier alpha value is -1.04. The molecule has 86 valence electrons. The van der Waals surface area contributed by atoms with E-state index in [0.29, 0.717) is 0 Å². The van der Waals surface area contributed by atoms with Gasteiger partial charge in [-0.15, -0.1) is 12.4 Å². The van der Waals surface area contributed by atoms with Crippen LogP contribution in [0.5, 0.6) is 0 Å². The number of aromatic nitrogens is 3. The van der Waals surface area contributed by atoms with E-state index in [9.17, 15) is 0 Å². The van der Waals surface area contributed by atoms with E-state index in [0.717, 1.165) is 22.1 Å². The Labute approximate surface area is 105 Å². The van der Waals surface area contributed by atoms with Crippen LogP contribution in [0.2, 0.25) is 0 Å². The van der Waals surface area contributed by atoms with E-state index in [4.69, 9.17) is 5.73 Å². The smallest absolute Gasteiger partial charge is 0.173 e. The highest BCUT2D eigenvalue weighted by Gasteiger charge is 2.09. The van der Waals surface area contributed by atoms with Crippen LogP contribution in [0.15, 0.2) is 18.3 Å². The number of rotatable bonds is 2. The van der Waals surface area contributed by atoms with Gasteiger partial charge in [0.05, 0.1) is 6.04 Å². The Morgan fingerprint density at radius 1 is 1.44 bits per heavy atom. The highest BCUT2D eigenvalue weighted by Crippen LogP contribution is 2.20. The third-order valence-corrected chi connectivity index (χ3v) is 2.90. The predicted molar refractivity (Wildman–Crippen MR) is 67.7 cm³/mol. The quantitative estimate of drug-likeness (QED) is 0.896. The molecule has 0 fully saturated rings. The van der Waals surface area contributed by atoms with Crippen molar-refractivity contribution in [1.29, 1.82) is 0 Å². The topological polar surface area (TPSA) is 64.7 Å². The van der Waals surface area contributed by atoms with Crippen LogP contribution in [-0.4, -0.2) is 14.3 Å². The summed E-state index contributed by atoms with van der Waals surface area (Å²) in [5.41, 5.74) is 7.68. The van der Waals surface area contributed by atoms with E-state index in [1.807, 2.05) is 26.0 Å². The standard InChI is InChI=1S/C10H12N4S.ClH/c1-6-5-8(3-4-12-6)9-13-10(7(2)11)15-14-9;/h3-5,7H,11H2,1-2H3;1H/t7-;/m1./s1. The summed E-state index contributed by atoms with van der Waals surface area (Å²) in [7, 11) is 0. The number of nitrogens with zero attached hydrogens (tertiary/aromatic N) is 3. The van der Waals surface area contributed by atoms with E-state index in [1.165, 1.54) is 11.5 Å². The van der Waals surface area contributed by atoms with Gasteiger partial charge in [0.2, 0.25) is 0 Å². The molecule has 1 atom stereocenters. The molecular formula is C10H13ClN4S. The van der Waals surface area contributed by atoms with Gasteiger partial charge in [-0.2, -0.15) is 4.37 Å². The van der Waals surface area contributed by atoms with Crippen LogP contribution in [-0.2, 0) is 0 Å². The van der Waals surface area contributed by atoms with Crippen LogP contribution in [0.3, 0.4) is 0 Å². The second kappa shape index (κ2) is 5.34. The first-order valence-corrected chi connectivity index (χ1v) is 5.46. The summed E-state index contributed by atoms with van der Waals surface area (Å²) in [5, 5.41) is 0.861. The summed E-state index contributed by atoms with van der Waals surface area (Å²) in [6.45, 7) is 3.85. The highest BCUT2D eigenvalue weighted by molar-refractivity contribution is 7.05. The van der Waals surface area contributed by atoms with E-state index < -0.39 is 0 Å². The normalized spacial score (nSPS) is 11.9. The minimum atomic E-state index is -0.0563. The summed E-state index contributed by atoms with van der Waals surface area (Å²) in [6, 6.07) is 3.81. The molecule has 0 unspecified atom stereocenters. The third kappa shape index (κ3) is 2.75. The van der Waals surface area contributed by atoms with Gasteiger partial charge in [0.15, 0.2) is 5.82 Å². The Kier molecular flexibility index (Phi) is 4.35. The fraction of sp³-hybridized carbons (Fsp3) is 0.300. The average Bonchev–Trinajstić information content (AvgIpc) is 2.66. The predicted octanol–water partition coefficient (Wildman–Crippen LogP) is 2.35. The van der Waals surface area contributed by atoms with Crippen molar-refractivity contribution in [3.05, 3.63) is 29.0 Å². The highest BCUT2D eigenvalue weighted by atomic mass is 35.5. The Morgan fingerprint density at radius 2 is 2.19 bits per heavy atom. The molecule has 4 nitrogen and oxygen atoms in total. The SMILES string of the molecule is Cc1cc(-c2nsc([C@@H](C)N)n2)ccn1.Cl. The number of aryl methyl sites for hydroxylation is 1. The van der Waals surface area contributed by atoms with Gasteiger partial charge in [0.25, 0.3) is 0 Å². The Balaban J connectivity index is 0.00000128. The largest absolute Gasteiger partial charge is 0.322 e. The molecule has 0 amide bonds. The number of hydrogen-bond acceptors (Lipinski definition) is 5. The van der Waals surface area contributed by atoms with Crippen LogP contribution in [0.25, 0.3) is 11.4 Å². The van der Waals surface area contributed by atoms with Crippen molar-refractivity contribution in [3.63, 3.8) is 0 Å². The molecule has 0 radical (unpaired) electrons. The van der Waals surface area contributed by atoms with Crippen molar-refractivity contribution in [2.75, 3.05) is 0 Å². The maximum Gasteiger partial charge on any atom is 0.173 e. The van der Waals surface area contributed by atoms with Crippen LogP contribution in [0.4, 0.5) is 0 Å². The first-order valence-electron chi connectivity index (χ1n) is 4.69. The second-order valence-electron chi connectivity index (χ2n) is 3.43. The first kappa shape index (κ1) is 13.0. The lowest BCUT2D eigenvalue weighted by molar-refractivity contribution is 0.807. The number of halogens is 1. The zero-order valence-corrected chi connectivity index (χ0v) is 10.7. The van der Waals surface area contributed by atoms with Crippen LogP contribution < -0.4 is 5.73 Å². The second-order valence-corrected chi connectivity index (χ2v) is 4.21. The molecule has 0 spiro atoms. The molecule has 0 aliphatic heterocycles. The van der Waals surface area contributed by atoms with E-state index >= 15 is 0 Å². The fourth-order valence-electron chi connectivity index (χ4n) is 1.22.